The molecular weight excluding hydrogens is 368 g/mol. The Morgan fingerprint density at radius 1 is 1.30 bits per heavy atom. The van der Waals surface area contributed by atoms with Crippen molar-refractivity contribution in [1.82, 2.24) is 19.0 Å². The third kappa shape index (κ3) is 5.30. The Bertz CT molecular complexity index is 742. The second-order valence-electron chi connectivity index (χ2n) is 7.60. The molecule has 3 rings (SSSR count). The van der Waals surface area contributed by atoms with Gasteiger partial charge in [-0.25, -0.2) is 8.42 Å². The van der Waals surface area contributed by atoms with E-state index in [1.807, 2.05) is 18.0 Å². The molecule has 0 radical (unpaired) electrons. The van der Waals surface area contributed by atoms with E-state index in [0.29, 0.717) is 39.3 Å². The van der Waals surface area contributed by atoms with Crippen molar-refractivity contribution in [2.45, 2.75) is 57.7 Å². The molecule has 9 heteroatoms. The minimum Gasteiger partial charge on any atom is -0.381 e. The summed E-state index contributed by atoms with van der Waals surface area (Å²) in [5.74, 6) is 0.0632. The summed E-state index contributed by atoms with van der Waals surface area (Å²) in [6, 6.07) is -0.173. The van der Waals surface area contributed by atoms with Gasteiger partial charge in [0.25, 0.3) is 0 Å². The van der Waals surface area contributed by atoms with Crippen LogP contribution in [0.25, 0.3) is 0 Å². The lowest BCUT2D eigenvalue weighted by Gasteiger charge is -2.42. The molecule has 152 valence electrons. The fourth-order valence-corrected chi connectivity index (χ4v) is 5.59. The SMILES string of the molecule is Cc1cnn(CCC(=O)N2CCCC(N(C3CCOCC3)S(C)(=O)=O)C2)c1. The van der Waals surface area contributed by atoms with Crippen molar-refractivity contribution in [2.24, 2.45) is 0 Å². The largest absolute Gasteiger partial charge is 0.381 e. The normalized spacial score (nSPS) is 22.3. The van der Waals surface area contributed by atoms with Crippen LogP contribution in [-0.4, -0.2) is 78.0 Å². The Kier molecular flexibility index (Phi) is 6.54. The van der Waals surface area contributed by atoms with Gasteiger partial charge in [-0.15, -0.1) is 0 Å². The second-order valence-corrected chi connectivity index (χ2v) is 9.49. The molecule has 0 spiro atoms. The molecule has 0 bridgehead atoms. The summed E-state index contributed by atoms with van der Waals surface area (Å²) in [5.41, 5.74) is 1.07. The summed E-state index contributed by atoms with van der Waals surface area (Å²) < 4.78 is 33.8. The quantitative estimate of drug-likeness (QED) is 0.714. The van der Waals surface area contributed by atoms with Gasteiger partial charge in [-0.2, -0.15) is 9.40 Å². The van der Waals surface area contributed by atoms with E-state index in [9.17, 15) is 13.2 Å². The van der Waals surface area contributed by atoms with Crippen LogP contribution in [-0.2, 0) is 26.1 Å². The zero-order valence-electron chi connectivity index (χ0n) is 16.2. The average molecular weight is 399 g/mol. The highest BCUT2D eigenvalue weighted by Gasteiger charge is 2.37. The van der Waals surface area contributed by atoms with E-state index in [1.54, 1.807) is 15.2 Å². The van der Waals surface area contributed by atoms with Crippen LogP contribution >= 0.6 is 0 Å². The minimum atomic E-state index is -3.34. The number of rotatable bonds is 6. The summed E-state index contributed by atoms with van der Waals surface area (Å²) in [6.45, 7) is 4.87. The molecular formula is C18H30N4O4S. The molecule has 1 unspecified atom stereocenters. The summed E-state index contributed by atoms with van der Waals surface area (Å²) in [5, 5.41) is 4.22. The number of sulfonamides is 1. The minimum absolute atomic E-state index is 0.0270. The highest BCUT2D eigenvalue weighted by molar-refractivity contribution is 7.88. The number of ether oxygens (including phenoxy) is 1. The number of aromatic nitrogens is 2. The zero-order chi connectivity index (χ0) is 19.4. The highest BCUT2D eigenvalue weighted by atomic mass is 32.2. The number of amides is 1. The standard InChI is InChI=1S/C18H30N4O4S/c1-15-12-19-21(13-15)9-5-18(23)20-8-3-4-17(14-20)22(27(2,24)25)16-6-10-26-11-7-16/h12-13,16-17H,3-11,14H2,1-2H3. The van der Waals surface area contributed by atoms with Gasteiger partial charge in [0.15, 0.2) is 0 Å². The third-order valence-electron chi connectivity index (χ3n) is 5.36. The molecule has 2 fully saturated rings. The molecule has 8 nitrogen and oxygen atoms in total. The maximum atomic E-state index is 12.7. The molecule has 1 aromatic heterocycles. The number of hydrogen-bond donors (Lipinski definition) is 0. The maximum Gasteiger partial charge on any atom is 0.224 e. The molecule has 0 N–H and O–H groups in total. The molecule has 0 aliphatic carbocycles. The highest BCUT2D eigenvalue weighted by Crippen LogP contribution is 2.26. The average Bonchev–Trinajstić information content (AvgIpc) is 3.05. The lowest BCUT2D eigenvalue weighted by Crippen LogP contribution is -2.55. The van der Waals surface area contributed by atoms with E-state index in [2.05, 4.69) is 5.10 Å². The molecule has 0 saturated carbocycles. The Morgan fingerprint density at radius 3 is 2.67 bits per heavy atom. The summed E-state index contributed by atoms with van der Waals surface area (Å²) in [7, 11) is -3.34. The van der Waals surface area contributed by atoms with E-state index < -0.39 is 10.0 Å². The molecule has 1 amide bonds. The smallest absolute Gasteiger partial charge is 0.224 e. The van der Waals surface area contributed by atoms with E-state index in [1.165, 1.54) is 6.26 Å². The van der Waals surface area contributed by atoms with Gasteiger partial charge in [0.05, 0.1) is 12.5 Å². The van der Waals surface area contributed by atoms with Crippen LogP contribution in [0.4, 0.5) is 0 Å². The predicted octanol–water partition coefficient (Wildman–Crippen LogP) is 1.01. The monoisotopic (exact) mass is 398 g/mol. The first-order valence-corrected chi connectivity index (χ1v) is 11.5. The van der Waals surface area contributed by atoms with Crippen molar-refractivity contribution >= 4 is 15.9 Å². The topological polar surface area (TPSA) is 84.7 Å². The van der Waals surface area contributed by atoms with E-state index in [0.717, 1.165) is 31.2 Å². The van der Waals surface area contributed by atoms with Crippen molar-refractivity contribution in [1.29, 1.82) is 0 Å². The first kappa shape index (κ1) is 20.3. The van der Waals surface area contributed by atoms with Crippen molar-refractivity contribution in [3.63, 3.8) is 0 Å². The van der Waals surface area contributed by atoms with Crippen LogP contribution < -0.4 is 0 Å². The number of hydrogen-bond acceptors (Lipinski definition) is 5. The van der Waals surface area contributed by atoms with Crippen LogP contribution in [0.5, 0.6) is 0 Å². The Balaban J connectivity index is 1.63. The molecule has 27 heavy (non-hydrogen) atoms. The fraction of sp³-hybridized carbons (Fsp3) is 0.778. The second kappa shape index (κ2) is 8.70. The number of aryl methyl sites for hydroxylation is 2. The molecule has 3 heterocycles. The van der Waals surface area contributed by atoms with Gasteiger partial charge < -0.3 is 9.64 Å². The molecule has 0 aromatic carbocycles. The summed E-state index contributed by atoms with van der Waals surface area (Å²) in [4.78, 5) is 14.5. The molecule has 2 aliphatic heterocycles. The maximum absolute atomic E-state index is 12.7. The number of piperidine rings is 1. The van der Waals surface area contributed by atoms with Gasteiger partial charge in [0.1, 0.15) is 0 Å². The van der Waals surface area contributed by atoms with Gasteiger partial charge in [-0.1, -0.05) is 0 Å². The fourth-order valence-electron chi connectivity index (χ4n) is 4.13. The first-order chi connectivity index (χ1) is 12.8. The zero-order valence-corrected chi connectivity index (χ0v) is 17.0. The van der Waals surface area contributed by atoms with Crippen LogP contribution in [0.2, 0.25) is 0 Å². The lowest BCUT2D eigenvalue weighted by atomic mass is 10.0. The van der Waals surface area contributed by atoms with E-state index in [-0.39, 0.29) is 18.0 Å². The lowest BCUT2D eigenvalue weighted by molar-refractivity contribution is -0.133. The van der Waals surface area contributed by atoms with Gasteiger partial charge in [0.2, 0.25) is 15.9 Å². The predicted molar refractivity (Wildman–Crippen MR) is 102 cm³/mol. The Hall–Kier alpha value is -1.45. The van der Waals surface area contributed by atoms with Crippen molar-refractivity contribution in [3.05, 3.63) is 18.0 Å². The van der Waals surface area contributed by atoms with Gasteiger partial charge in [-0.3, -0.25) is 9.48 Å². The summed E-state index contributed by atoms with van der Waals surface area (Å²) >= 11 is 0. The van der Waals surface area contributed by atoms with Crippen LogP contribution in [0.1, 0.15) is 37.7 Å². The number of carbonyl (C=O) groups is 1. The number of likely N-dealkylation sites (tertiary alicyclic amines) is 1. The molecule has 1 aromatic rings. The van der Waals surface area contributed by atoms with Crippen LogP contribution in [0, 0.1) is 6.92 Å². The van der Waals surface area contributed by atoms with Crippen molar-refractivity contribution in [2.75, 3.05) is 32.6 Å². The van der Waals surface area contributed by atoms with Gasteiger partial charge >= 0.3 is 0 Å². The van der Waals surface area contributed by atoms with E-state index >= 15 is 0 Å². The van der Waals surface area contributed by atoms with Crippen LogP contribution in [0.3, 0.4) is 0 Å². The molecule has 2 saturated heterocycles. The third-order valence-corrected chi connectivity index (χ3v) is 6.72. The van der Waals surface area contributed by atoms with Crippen molar-refractivity contribution < 1.29 is 17.9 Å². The first-order valence-electron chi connectivity index (χ1n) is 9.67. The number of carbonyl (C=O) groups excluding carboxylic acids is 1. The molecule has 2 aliphatic rings. The Morgan fingerprint density at radius 2 is 2.04 bits per heavy atom. The van der Waals surface area contributed by atoms with E-state index in [4.69, 9.17) is 4.74 Å². The summed E-state index contributed by atoms with van der Waals surface area (Å²) in [6.07, 6.45) is 8.42. The number of nitrogens with zero attached hydrogens (tertiary/aromatic N) is 4. The van der Waals surface area contributed by atoms with Crippen molar-refractivity contribution in [3.8, 4) is 0 Å². The van der Waals surface area contributed by atoms with Crippen LogP contribution in [0.15, 0.2) is 12.4 Å². The molecule has 1 atom stereocenters. The van der Waals surface area contributed by atoms with Gasteiger partial charge in [-0.05, 0) is 38.2 Å². The van der Waals surface area contributed by atoms with Gasteiger partial charge in [0, 0.05) is 57.5 Å². The Labute approximate surface area is 161 Å².